The van der Waals surface area contributed by atoms with Gasteiger partial charge in [-0.15, -0.1) is 0 Å². The second-order valence-corrected chi connectivity index (χ2v) is 5.08. The summed E-state index contributed by atoms with van der Waals surface area (Å²) in [5.74, 6) is 1.35. The van der Waals surface area contributed by atoms with Crippen molar-refractivity contribution >= 4 is 23.7 Å². The number of cyclic esters (lactones) is 1. The summed E-state index contributed by atoms with van der Waals surface area (Å²) in [7, 11) is 0. The summed E-state index contributed by atoms with van der Waals surface area (Å²) < 4.78 is 4.85. The first-order valence-corrected chi connectivity index (χ1v) is 6.79. The number of rotatable bonds is 5. The molecule has 98 valence electrons. The van der Waals surface area contributed by atoms with Crippen molar-refractivity contribution in [2.24, 2.45) is 0 Å². The zero-order valence-corrected chi connectivity index (χ0v) is 11.1. The number of ether oxygens (including phenoxy) is 1. The van der Waals surface area contributed by atoms with Gasteiger partial charge in [-0.2, -0.15) is 0 Å². The Morgan fingerprint density at radius 2 is 2.39 bits per heavy atom. The van der Waals surface area contributed by atoms with Gasteiger partial charge in [0.05, 0.1) is 6.54 Å². The van der Waals surface area contributed by atoms with Gasteiger partial charge in [0.15, 0.2) is 5.16 Å². The molecule has 2 heterocycles. The molecule has 1 amide bonds. The van der Waals surface area contributed by atoms with Crippen LogP contribution in [0.1, 0.15) is 12.1 Å². The summed E-state index contributed by atoms with van der Waals surface area (Å²) in [4.78, 5) is 21.3. The molecule has 0 aliphatic carbocycles. The first-order valence-electron chi connectivity index (χ1n) is 5.81. The molecular weight excluding hydrogens is 252 g/mol. The second-order valence-electron chi connectivity index (χ2n) is 4.02. The summed E-state index contributed by atoms with van der Waals surface area (Å²) >= 11 is 1.55. The van der Waals surface area contributed by atoms with E-state index in [-0.39, 0.29) is 6.09 Å². The Kier molecular flexibility index (Phi) is 4.24. The molecule has 0 spiro atoms. The third kappa shape index (κ3) is 3.49. The number of amides is 1. The van der Waals surface area contributed by atoms with Crippen LogP contribution in [0.2, 0.25) is 0 Å². The minimum atomic E-state index is -0.212. The van der Waals surface area contributed by atoms with Gasteiger partial charge in [0.25, 0.3) is 0 Å². The van der Waals surface area contributed by atoms with Crippen LogP contribution in [0.5, 0.6) is 0 Å². The van der Waals surface area contributed by atoms with Crippen LogP contribution in [0.25, 0.3) is 0 Å². The van der Waals surface area contributed by atoms with Crippen LogP contribution in [0.4, 0.5) is 10.6 Å². The Morgan fingerprint density at radius 3 is 3.06 bits per heavy atom. The maximum Gasteiger partial charge on any atom is 0.409 e. The van der Waals surface area contributed by atoms with Gasteiger partial charge in [-0.25, -0.2) is 14.8 Å². The number of carbonyl (C=O) groups excluding carboxylic acids is 1. The highest BCUT2D eigenvalue weighted by atomic mass is 32.2. The fraction of sp³-hybridized carbons (Fsp3) is 0.545. The van der Waals surface area contributed by atoms with Crippen LogP contribution >= 0.6 is 11.8 Å². The average Bonchev–Trinajstić information content (AvgIpc) is 2.69. The van der Waals surface area contributed by atoms with E-state index in [1.807, 2.05) is 6.92 Å². The van der Waals surface area contributed by atoms with Crippen molar-refractivity contribution in [1.29, 1.82) is 0 Å². The zero-order chi connectivity index (χ0) is 13.0. The highest BCUT2D eigenvalue weighted by Gasteiger charge is 2.20. The zero-order valence-electron chi connectivity index (χ0n) is 10.3. The second kappa shape index (κ2) is 5.90. The number of nitrogens with two attached hydrogens (primary N) is 1. The van der Waals surface area contributed by atoms with E-state index in [9.17, 15) is 4.79 Å². The highest BCUT2D eigenvalue weighted by molar-refractivity contribution is 7.99. The minimum Gasteiger partial charge on any atom is -0.448 e. The Morgan fingerprint density at radius 1 is 1.56 bits per heavy atom. The standard InChI is InChI=1S/C11H16N4O2S/c1-8-7-9(12)14-10(13-8)18-6-2-3-15-4-5-17-11(15)16/h7H,2-6H2,1H3,(H2,12,13,14). The molecule has 0 aromatic carbocycles. The van der Waals surface area contributed by atoms with Crippen LogP contribution in [0, 0.1) is 6.92 Å². The van der Waals surface area contributed by atoms with Crippen LogP contribution in [-0.4, -0.2) is 46.4 Å². The summed E-state index contributed by atoms with van der Waals surface area (Å²) in [6, 6.07) is 1.74. The minimum absolute atomic E-state index is 0.212. The van der Waals surface area contributed by atoms with Crippen LogP contribution in [0.15, 0.2) is 11.2 Å². The predicted octanol–water partition coefficient (Wildman–Crippen LogP) is 1.30. The summed E-state index contributed by atoms with van der Waals surface area (Å²) in [6.07, 6.45) is 0.674. The fourth-order valence-corrected chi connectivity index (χ4v) is 2.51. The molecule has 1 aromatic rings. The quantitative estimate of drug-likeness (QED) is 0.492. The van der Waals surface area contributed by atoms with Crippen LogP contribution in [0.3, 0.4) is 0 Å². The van der Waals surface area contributed by atoms with E-state index >= 15 is 0 Å². The van der Waals surface area contributed by atoms with E-state index in [0.717, 1.165) is 17.9 Å². The molecule has 1 aliphatic rings. The van der Waals surface area contributed by atoms with Gasteiger partial charge in [-0.3, -0.25) is 0 Å². The molecule has 2 rings (SSSR count). The van der Waals surface area contributed by atoms with Crippen molar-refractivity contribution in [2.45, 2.75) is 18.5 Å². The molecule has 7 heteroatoms. The molecule has 0 radical (unpaired) electrons. The van der Waals surface area contributed by atoms with Gasteiger partial charge in [-0.05, 0) is 13.3 Å². The highest BCUT2D eigenvalue weighted by Crippen LogP contribution is 2.16. The molecular formula is C11H16N4O2S. The lowest BCUT2D eigenvalue weighted by molar-refractivity contribution is 0.158. The van der Waals surface area contributed by atoms with Gasteiger partial charge >= 0.3 is 6.09 Å². The molecule has 6 nitrogen and oxygen atoms in total. The number of thioether (sulfide) groups is 1. The van der Waals surface area contributed by atoms with Crippen molar-refractivity contribution in [3.05, 3.63) is 11.8 Å². The smallest absolute Gasteiger partial charge is 0.409 e. The Labute approximate surface area is 110 Å². The first kappa shape index (κ1) is 12.9. The molecule has 18 heavy (non-hydrogen) atoms. The lowest BCUT2D eigenvalue weighted by atomic mass is 10.4. The number of aromatic nitrogens is 2. The van der Waals surface area contributed by atoms with Gasteiger partial charge in [0.2, 0.25) is 0 Å². The number of hydrogen-bond acceptors (Lipinski definition) is 6. The first-order chi connectivity index (χ1) is 8.65. The third-order valence-corrected chi connectivity index (χ3v) is 3.44. The topological polar surface area (TPSA) is 81.3 Å². The maximum atomic E-state index is 11.2. The van der Waals surface area contributed by atoms with Gasteiger partial charge in [0.1, 0.15) is 12.4 Å². The SMILES string of the molecule is Cc1cc(N)nc(SCCCN2CCOC2=O)n1. The Hall–Kier alpha value is -1.50. The van der Waals surface area contributed by atoms with E-state index in [4.69, 9.17) is 10.5 Å². The van der Waals surface area contributed by atoms with Crippen molar-refractivity contribution in [2.75, 3.05) is 31.2 Å². The summed E-state index contributed by atoms with van der Waals surface area (Å²) in [5, 5.41) is 0.691. The van der Waals surface area contributed by atoms with E-state index in [2.05, 4.69) is 9.97 Å². The summed E-state index contributed by atoms with van der Waals surface area (Å²) in [5.41, 5.74) is 6.52. The molecule has 1 fully saturated rings. The average molecular weight is 268 g/mol. The third-order valence-electron chi connectivity index (χ3n) is 2.50. The van der Waals surface area contributed by atoms with E-state index < -0.39 is 0 Å². The molecule has 1 aliphatic heterocycles. The van der Waals surface area contributed by atoms with Crippen molar-refractivity contribution in [1.82, 2.24) is 14.9 Å². The Balaban J connectivity index is 1.73. The number of nitrogen functional groups attached to an aromatic ring is 1. The largest absolute Gasteiger partial charge is 0.448 e. The van der Waals surface area contributed by atoms with Crippen molar-refractivity contribution in [3.8, 4) is 0 Å². The van der Waals surface area contributed by atoms with Crippen LogP contribution in [-0.2, 0) is 4.74 Å². The molecule has 0 saturated carbocycles. The molecule has 1 aromatic heterocycles. The van der Waals surface area contributed by atoms with E-state index in [1.54, 1.807) is 22.7 Å². The number of anilines is 1. The molecule has 0 unspecified atom stereocenters. The number of hydrogen-bond donors (Lipinski definition) is 1. The lowest BCUT2D eigenvalue weighted by Crippen LogP contribution is -2.25. The molecule has 0 bridgehead atoms. The molecule has 0 atom stereocenters. The molecule has 2 N–H and O–H groups in total. The van der Waals surface area contributed by atoms with Gasteiger partial charge in [-0.1, -0.05) is 11.8 Å². The van der Waals surface area contributed by atoms with Crippen LogP contribution < -0.4 is 5.73 Å². The maximum absolute atomic E-state index is 11.2. The Bertz CT molecular complexity index is 421. The number of aryl methyl sites for hydroxylation is 1. The lowest BCUT2D eigenvalue weighted by Gasteiger charge is -2.11. The summed E-state index contributed by atoms with van der Waals surface area (Å²) in [6.45, 7) is 3.80. The van der Waals surface area contributed by atoms with E-state index in [0.29, 0.717) is 30.7 Å². The van der Waals surface area contributed by atoms with Gasteiger partial charge < -0.3 is 15.4 Å². The predicted molar refractivity (Wildman–Crippen MR) is 69.4 cm³/mol. The normalized spacial score (nSPS) is 14.9. The number of nitrogens with zero attached hydrogens (tertiary/aromatic N) is 3. The molecule has 1 saturated heterocycles. The van der Waals surface area contributed by atoms with Crippen molar-refractivity contribution < 1.29 is 9.53 Å². The fourth-order valence-electron chi connectivity index (χ4n) is 1.68. The van der Waals surface area contributed by atoms with Gasteiger partial charge in [0, 0.05) is 24.1 Å². The number of carbonyl (C=O) groups is 1. The van der Waals surface area contributed by atoms with Crippen molar-refractivity contribution in [3.63, 3.8) is 0 Å². The monoisotopic (exact) mass is 268 g/mol. The van der Waals surface area contributed by atoms with E-state index in [1.165, 1.54) is 0 Å².